The van der Waals surface area contributed by atoms with Crippen molar-refractivity contribution in [2.75, 3.05) is 0 Å². The van der Waals surface area contributed by atoms with Crippen LogP contribution in [0, 0.1) is 0 Å². The molecule has 2 aromatic carbocycles. The van der Waals surface area contributed by atoms with Gasteiger partial charge in [-0.3, -0.25) is 0 Å². The van der Waals surface area contributed by atoms with E-state index in [-0.39, 0.29) is 5.69 Å². The first kappa shape index (κ1) is 12.7. The van der Waals surface area contributed by atoms with Gasteiger partial charge in [0.15, 0.2) is 5.82 Å². The average molecular weight is 358 g/mol. The third-order valence-corrected chi connectivity index (χ3v) is 4.70. The van der Waals surface area contributed by atoms with Crippen molar-refractivity contribution >= 4 is 42.4 Å². The van der Waals surface area contributed by atoms with Gasteiger partial charge < -0.3 is 0 Å². The van der Waals surface area contributed by atoms with Crippen molar-refractivity contribution in [2.24, 2.45) is 0 Å². The molecule has 0 spiro atoms. The van der Waals surface area contributed by atoms with Crippen molar-refractivity contribution in [3.63, 3.8) is 0 Å². The fourth-order valence-electron chi connectivity index (χ4n) is 2.23. The van der Waals surface area contributed by atoms with Crippen LogP contribution >= 0.6 is 27.3 Å². The number of halogens is 1. The van der Waals surface area contributed by atoms with Crippen LogP contribution in [0.15, 0.2) is 57.8 Å². The molecule has 2 heterocycles. The van der Waals surface area contributed by atoms with Gasteiger partial charge in [0.05, 0.1) is 10.2 Å². The van der Waals surface area contributed by atoms with Crippen LogP contribution in [-0.4, -0.2) is 14.4 Å². The zero-order valence-corrected chi connectivity index (χ0v) is 13.1. The molecule has 0 unspecified atom stereocenters. The van der Waals surface area contributed by atoms with Crippen molar-refractivity contribution in [1.82, 2.24) is 14.4 Å². The van der Waals surface area contributed by atoms with Gasteiger partial charge in [0.1, 0.15) is 0 Å². The summed E-state index contributed by atoms with van der Waals surface area (Å²) in [5.41, 5.74) is 1.37. The van der Waals surface area contributed by atoms with E-state index in [0.717, 1.165) is 20.3 Å². The summed E-state index contributed by atoms with van der Waals surface area (Å²) < 4.78 is 3.49. The van der Waals surface area contributed by atoms with Crippen molar-refractivity contribution in [3.05, 3.63) is 63.5 Å². The Labute approximate surface area is 131 Å². The summed E-state index contributed by atoms with van der Waals surface area (Å²) in [7, 11) is 0. The standard InChI is InChI=1S/C15H8BrN3OS/c16-10-6-7-12-11(8-10)19-14(20)17-13(18-15(19)21-12)9-4-2-1-3-5-9/h1-8H. The van der Waals surface area contributed by atoms with Gasteiger partial charge in [-0.15, -0.1) is 0 Å². The minimum Gasteiger partial charge on any atom is -0.245 e. The summed E-state index contributed by atoms with van der Waals surface area (Å²) in [5.74, 6) is 0.464. The number of hydrogen-bond acceptors (Lipinski definition) is 4. The predicted molar refractivity (Wildman–Crippen MR) is 87.8 cm³/mol. The van der Waals surface area contributed by atoms with Crippen LogP contribution in [0.1, 0.15) is 0 Å². The second-order valence-electron chi connectivity index (χ2n) is 4.53. The first-order valence-electron chi connectivity index (χ1n) is 6.27. The lowest BCUT2D eigenvalue weighted by atomic mass is 10.2. The molecule has 0 amide bonds. The van der Waals surface area contributed by atoms with Crippen molar-refractivity contribution in [2.45, 2.75) is 0 Å². The van der Waals surface area contributed by atoms with Gasteiger partial charge in [0.25, 0.3) is 0 Å². The SMILES string of the molecule is O=c1nc(-c2ccccc2)nc2sc3ccc(Br)cc3n12. The maximum atomic E-state index is 12.4. The molecule has 102 valence electrons. The Morgan fingerprint density at radius 2 is 1.86 bits per heavy atom. The third kappa shape index (κ3) is 2.07. The molecule has 0 atom stereocenters. The Bertz CT molecular complexity index is 1020. The van der Waals surface area contributed by atoms with Gasteiger partial charge in [-0.2, -0.15) is 9.97 Å². The van der Waals surface area contributed by atoms with Gasteiger partial charge in [-0.1, -0.05) is 57.6 Å². The highest BCUT2D eigenvalue weighted by Crippen LogP contribution is 2.27. The molecule has 2 aromatic heterocycles. The van der Waals surface area contributed by atoms with Crippen molar-refractivity contribution < 1.29 is 0 Å². The van der Waals surface area contributed by atoms with E-state index in [1.165, 1.54) is 11.3 Å². The number of hydrogen-bond donors (Lipinski definition) is 0. The van der Waals surface area contributed by atoms with E-state index in [0.29, 0.717) is 10.8 Å². The van der Waals surface area contributed by atoms with Crippen LogP contribution in [0.5, 0.6) is 0 Å². The number of fused-ring (bicyclic) bond motifs is 3. The second-order valence-corrected chi connectivity index (χ2v) is 6.45. The minimum absolute atomic E-state index is 0.303. The maximum absolute atomic E-state index is 12.4. The highest BCUT2D eigenvalue weighted by molar-refractivity contribution is 9.10. The van der Waals surface area contributed by atoms with Crippen LogP contribution in [0.25, 0.3) is 26.6 Å². The second kappa shape index (κ2) is 4.75. The molecule has 0 aliphatic rings. The van der Waals surface area contributed by atoms with Crippen LogP contribution < -0.4 is 5.69 Å². The average Bonchev–Trinajstić information content (AvgIpc) is 2.86. The Morgan fingerprint density at radius 1 is 1.05 bits per heavy atom. The molecule has 0 N–H and O–H groups in total. The summed E-state index contributed by atoms with van der Waals surface area (Å²) in [6, 6.07) is 15.4. The number of benzene rings is 2. The van der Waals surface area contributed by atoms with E-state index in [1.807, 2.05) is 48.5 Å². The molecule has 0 bridgehead atoms. The smallest absolute Gasteiger partial charge is 0.245 e. The normalized spacial score (nSPS) is 11.3. The van der Waals surface area contributed by atoms with E-state index in [4.69, 9.17) is 0 Å². The molecule has 21 heavy (non-hydrogen) atoms. The van der Waals surface area contributed by atoms with Crippen molar-refractivity contribution in [1.29, 1.82) is 0 Å². The molecule has 4 nitrogen and oxygen atoms in total. The van der Waals surface area contributed by atoms with Crippen LogP contribution in [0.3, 0.4) is 0 Å². The summed E-state index contributed by atoms with van der Waals surface area (Å²) >= 11 is 4.91. The monoisotopic (exact) mass is 357 g/mol. The molecule has 0 aliphatic heterocycles. The lowest BCUT2D eigenvalue weighted by Crippen LogP contribution is -2.17. The highest BCUT2D eigenvalue weighted by atomic mass is 79.9. The third-order valence-electron chi connectivity index (χ3n) is 3.18. The maximum Gasteiger partial charge on any atom is 0.356 e. The van der Waals surface area contributed by atoms with Crippen molar-refractivity contribution in [3.8, 4) is 11.4 Å². The summed E-state index contributed by atoms with van der Waals surface area (Å²) in [6.45, 7) is 0. The fraction of sp³-hybridized carbons (Fsp3) is 0. The molecule has 0 saturated carbocycles. The summed E-state index contributed by atoms with van der Waals surface area (Å²) in [5, 5.41) is 0. The number of thiazole rings is 1. The Morgan fingerprint density at radius 3 is 2.67 bits per heavy atom. The first-order chi connectivity index (χ1) is 10.2. The van der Waals surface area contributed by atoms with Gasteiger partial charge in [-0.05, 0) is 18.2 Å². The summed E-state index contributed by atoms with van der Waals surface area (Å²) in [6.07, 6.45) is 0. The van der Waals surface area contributed by atoms with Gasteiger partial charge in [0.2, 0.25) is 4.96 Å². The minimum atomic E-state index is -0.303. The molecule has 4 rings (SSSR count). The lowest BCUT2D eigenvalue weighted by Gasteiger charge is -1.99. The molecular formula is C15H8BrN3OS. The first-order valence-corrected chi connectivity index (χ1v) is 7.87. The largest absolute Gasteiger partial charge is 0.356 e. The fourth-order valence-corrected chi connectivity index (χ4v) is 3.57. The quantitative estimate of drug-likeness (QED) is 0.521. The summed E-state index contributed by atoms with van der Waals surface area (Å²) in [4.78, 5) is 21.7. The van der Waals surface area contributed by atoms with Crippen LogP contribution in [0.4, 0.5) is 0 Å². The molecule has 0 saturated heterocycles. The molecule has 0 aliphatic carbocycles. The molecule has 6 heteroatoms. The Kier molecular flexibility index (Phi) is 2.87. The highest BCUT2D eigenvalue weighted by Gasteiger charge is 2.12. The zero-order valence-electron chi connectivity index (χ0n) is 10.7. The molecule has 4 aromatic rings. The molecule has 0 fully saturated rings. The lowest BCUT2D eigenvalue weighted by molar-refractivity contribution is 0.992. The number of nitrogens with zero attached hydrogens (tertiary/aromatic N) is 3. The van der Waals surface area contributed by atoms with Gasteiger partial charge in [-0.25, -0.2) is 9.20 Å². The van der Waals surface area contributed by atoms with Gasteiger partial charge >= 0.3 is 5.69 Å². The van der Waals surface area contributed by atoms with E-state index >= 15 is 0 Å². The van der Waals surface area contributed by atoms with E-state index in [9.17, 15) is 4.79 Å². The van der Waals surface area contributed by atoms with Crippen LogP contribution in [0.2, 0.25) is 0 Å². The Hall–Kier alpha value is -2.05. The van der Waals surface area contributed by atoms with E-state index in [2.05, 4.69) is 25.9 Å². The Balaban J connectivity index is 2.08. The number of rotatable bonds is 1. The zero-order chi connectivity index (χ0) is 14.4. The van der Waals surface area contributed by atoms with Gasteiger partial charge in [0, 0.05) is 10.0 Å². The van der Waals surface area contributed by atoms with E-state index < -0.39 is 0 Å². The topological polar surface area (TPSA) is 47.3 Å². The van der Waals surface area contributed by atoms with Crippen LogP contribution in [-0.2, 0) is 0 Å². The molecule has 0 radical (unpaired) electrons. The predicted octanol–water partition coefficient (Wildman–Crippen LogP) is 3.73. The number of aromatic nitrogens is 3. The van der Waals surface area contributed by atoms with E-state index in [1.54, 1.807) is 4.40 Å². The molecular weight excluding hydrogens is 350 g/mol.